The summed E-state index contributed by atoms with van der Waals surface area (Å²) >= 11 is 0. The van der Waals surface area contributed by atoms with Crippen LogP contribution in [0, 0.1) is 0 Å². The summed E-state index contributed by atoms with van der Waals surface area (Å²) in [6.07, 6.45) is 9.38. The minimum absolute atomic E-state index is 0.757. The van der Waals surface area contributed by atoms with Crippen LogP contribution in [0.2, 0.25) is 0 Å². The van der Waals surface area contributed by atoms with Crippen molar-refractivity contribution in [1.82, 2.24) is 9.88 Å². The van der Waals surface area contributed by atoms with Gasteiger partial charge < -0.3 is 4.90 Å². The molecule has 15 heavy (non-hydrogen) atoms. The van der Waals surface area contributed by atoms with Gasteiger partial charge in [-0.25, -0.2) is 0 Å². The maximum Gasteiger partial charge on any atom is 0.0302 e. The van der Waals surface area contributed by atoms with Crippen LogP contribution in [0.4, 0.5) is 0 Å². The zero-order valence-electron chi connectivity index (χ0n) is 9.26. The standard InChI is InChI=1S/C13H18N2/c1-15-12-4-5-13(15)8-11(7-12)10-3-2-6-14-9-10/h2-3,6,9,11-13H,4-5,7-8H2,1H3/t11?,12-,13+. The van der Waals surface area contributed by atoms with Crippen molar-refractivity contribution in [3.63, 3.8) is 0 Å². The molecule has 2 aliphatic rings. The van der Waals surface area contributed by atoms with Gasteiger partial charge in [0.1, 0.15) is 0 Å². The Kier molecular flexibility index (Phi) is 2.24. The third-order valence-corrected chi connectivity index (χ3v) is 4.25. The van der Waals surface area contributed by atoms with Gasteiger partial charge in [0.05, 0.1) is 0 Å². The molecule has 0 amide bonds. The van der Waals surface area contributed by atoms with Crippen LogP contribution in [0.25, 0.3) is 0 Å². The predicted molar refractivity (Wildman–Crippen MR) is 60.8 cm³/mol. The smallest absolute Gasteiger partial charge is 0.0302 e. The minimum atomic E-state index is 0.757. The molecule has 1 unspecified atom stereocenters. The van der Waals surface area contributed by atoms with E-state index >= 15 is 0 Å². The number of hydrogen-bond donors (Lipinski definition) is 0. The Morgan fingerprint density at radius 2 is 2.00 bits per heavy atom. The molecule has 2 heteroatoms. The molecule has 0 N–H and O–H groups in total. The SMILES string of the molecule is CN1[C@@H]2CC[C@H]1CC(c1cccnc1)C2. The molecular weight excluding hydrogens is 184 g/mol. The van der Waals surface area contributed by atoms with Crippen LogP contribution < -0.4 is 0 Å². The summed E-state index contributed by atoms with van der Waals surface area (Å²) in [4.78, 5) is 6.83. The molecule has 2 aliphatic heterocycles. The van der Waals surface area contributed by atoms with Gasteiger partial charge in [-0.3, -0.25) is 4.98 Å². The Labute approximate surface area is 91.3 Å². The average molecular weight is 202 g/mol. The fraction of sp³-hybridized carbons (Fsp3) is 0.615. The summed E-state index contributed by atoms with van der Waals surface area (Å²) in [5.41, 5.74) is 1.45. The maximum atomic E-state index is 4.24. The van der Waals surface area contributed by atoms with Crippen LogP contribution in [-0.2, 0) is 0 Å². The molecule has 2 nitrogen and oxygen atoms in total. The number of hydrogen-bond acceptors (Lipinski definition) is 2. The monoisotopic (exact) mass is 202 g/mol. The van der Waals surface area contributed by atoms with Crippen molar-refractivity contribution in [3.8, 4) is 0 Å². The van der Waals surface area contributed by atoms with E-state index in [1.807, 2.05) is 6.20 Å². The number of fused-ring (bicyclic) bond motifs is 2. The molecular formula is C13H18N2. The first-order valence-electron chi connectivity index (χ1n) is 5.96. The minimum Gasteiger partial charge on any atom is -0.300 e. The molecule has 0 saturated carbocycles. The van der Waals surface area contributed by atoms with Gasteiger partial charge in [0.15, 0.2) is 0 Å². The van der Waals surface area contributed by atoms with Crippen molar-refractivity contribution in [3.05, 3.63) is 30.1 Å². The second kappa shape index (κ2) is 3.60. The molecule has 3 atom stereocenters. The third-order valence-electron chi connectivity index (χ3n) is 4.25. The summed E-state index contributed by atoms with van der Waals surface area (Å²) in [5, 5.41) is 0. The van der Waals surface area contributed by atoms with Crippen molar-refractivity contribution >= 4 is 0 Å². The lowest BCUT2D eigenvalue weighted by Gasteiger charge is -2.36. The number of aromatic nitrogens is 1. The summed E-state index contributed by atoms with van der Waals surface area (Å²) in [6.45, 7) is 0. The Morgan fingerprint density at radius 3 is 2.60 bits per heavy atom. The molecule has 80 valence electrons. The van der Waals surface area contributed by atoms with Crippen LogP contribution in [0.5, 0.6) is 0 Å². The highest BCUT2D eigenvalue weighted by atomic mass is 15.2. The number of piperidine rings is 1. The fourth-order valence-electron chi connectivity index (χ4n) is 3.30. The van der Waals surface area contributed by atoms with E-state index in [9.17, 15) is 0 Å². The van der Waals surface area contributed by atoms with Crippen LogP contribution >= 0.6 is 0 Å². The Bertz CT molecular complexity index is 322. The van der Waals surface area contributed by atoms with Gasteiger partial charge in [0.2, 0.25) is 0 Å². The predicted octanol–water partition coefficient (Wildman–Crippen LogP) is 2.42. The van der Waals surface area contributed by atoms with E-state index in [0.717, 1.165) is 18.0 Å². The molecule has 0 aromatic carbocycles. The Balaban J connectivity index is 1.81. The van der Waals surface area contributed by atoms with Gasteiger partial charge in [-0.2, -0.15) is 0 Å². The second-order valence-corrected chi connectivity index (χ2v) is 5.01. The lowest BCUT2D eigenvalue weighted by atomic mass is 9.86. The molecule has 2 bridgehead atoms. The quantitative estimate of drug-likeness (QED) is 0.695. The zero-order chi connectivity index (χ0) is 10.3. The molecule has 0 aliphatic carbocycles. The summed E-state index contributed by atoms with van der Waals surface area (Å²) in [6, 6.07) is 5.96. The number of pyridine rings is 1. The van der Waals surface area contributed by atoms with Crippen molar-refractivity contribution in [2.75, 3.05) is 7.05 Å². The molecule has 3 heterocycles. The van der Waals surface area contributed by atoms with Crippen LogP contribution in [0.1, 0.15) is 37.2 Å². The average Bonchev–Trinajstić information content (AvgIpc) is 2.54. The Morgan fingerprint density at radius 1 is 1.27 bits per heavy atom. The van der Waals surface area contributed by atoms with E-state index in [1.54, 1.807) is 0 Å². The van der Waals surface area contributed by atoms with Crippen molar-refractivity contribution in [1.29, 1.82) is 0 Å². The molecule has 2 saturated heterocycles. The van der Waals surface area contributed by atoms with Gasteiger partial charge in [0.25, 0.3) is 0 Å². The molecule has 3 rings (SSSR count). The lowest BCUT2D eigenvalue weighted by molar-refractivity contribution is 0.161. The normalized spacial score (nSPS) is 35.7. The first-order chi connectivity index (χ1) is 7.34. The van der Waals surface area contributed by atoms with Crippen molar-refractivity contribution < 1.29 is 0 Å². The van der Waals surface area contributed by atoms with Gasteiger partial charge in [-0.1, -0.05) is 6.07 Å². The van der Waals surface area contributed by atoms with E-state index < -0.39 is 0 Å². The molecule has 2 fully saturated rings. The van der Waals surface area contributed by atoms with Gasteiger partial charge in [-0.05, 0) is 50.3 Å². The highest BCUT2D eigenvalue weighted by Crippen LogP contribution is 2.41. The molecule has 0 spiro atoms. The largest absolute Gasteiger partial charge is 0.300 e. The van der Waals surface area contributed by atoms with E-state index in [2.05, 4.69) is 35.3 Å². The van der Waals surface area contributed by atoms with E-state index in [4.69, 9.17) is 0 Å². The number of nitrogens with zero attached hydrogens (tertiary/aromatic N) is 2. The van der Waals surface area contributed by atoms with Gasteiger partial charge in [-0.15, -0.1) is 0 Å². The van der Waals surface area contributed by atoms with Crippen molar-refractivity contribution in [2.24, 2.45) is 0 Å². The van der Waals surface area contributed by atoms with E-state index in [0.29, 0.717) is 0 Å². The van der Waals surface area contributed by atoms with E-state index in [-0.39, 0.29) is 0 Å². The zero-order valence-corrected chi connectivity index (χ0v) is 9.26. The third kappa shape index (κ3) is 1.57. The number of rotatable bonds is 1. The maximum absolute atomic E-state index is 4.24. The lowest BCUT2D eigenvalue weighted by Crippen LogP contribution is -2.39. The molecule has 0 radical (unpaired) electrons. The Hall–Kier alpha value is -0.890. The van der Waals surface area contributed by atoms with Crippen LogP contribution in [-0.4, -0.2) is 29.0 Å². The highest BCUT2D eigenvalue weighted by Gasteiger charge is 2.38. The van der Waals surface area contributed by atoms with Crippen molar-refractivity contribution in [2.45, 2.75) is 43.7 Å². The fourth-order valence-corrected chi connectivity index (χ4v) is 3.30. The van der Waals surface area contributed by atoms with E-state index in [1.165, 1.54) is 31.2 Å². The summed E-state index contributed by atoms with van der Waals surface area (Å²) in [5.74, 6) is 0.757. The first kappa shape index (κ1) is 9.34. The topological polar surface area (TPSA) is 16.1 Å². The summed E-state index contributed by atoms with van der Waals surface area (Å²) in [7, 11) is 2.29. The van der Waals surface area contributed by atoms with Gasteiger partial charge >= 0.3 is 0 Å². The molecule has 1 aromatic rings. The van der Waals surface area contributed by atoms with Gasteiger partial charge in [0, 0.05) is 24.5 Å². The first-order valence-corrected chi connectivity index (χ1v) is 5.96. The molecule has 1 aromatic heterocycles. The second-order valence-electron chi connectivity index (χ2n) is 5.01. The summed E-state index contributed by atoms with van der Waals surface area (Å²) < 4.78 is 0. The van der Waals surface area contributed by atoms with Crippen LogP contribution in [0.3, 0.4) is 0 Å². The van der Waals surface area contributed by atoms with Crippen LogP contribution in [0.15, 0.2) is 24.5 Å². The highest BCUT2D eigenvalue weighted by molar-refractivity contribution is 5.17.